The van der Waals surface area contributed by atoms with Crippen LogP contribution in [0.1, 0.15) is 55.6 Å². The molecule has 1 saturated heterocycles. The molecule has 0 saturated carbocycles. The zero-order valence-electron chi connectivity index (χ0n) is 11.4. The molecule has 0 amide bonds. The van der Waals surface area contributed by atoms with E-state index in [-0.39, 0.29) is 0 Å². The minimum Gasteiger partial charge on any atom is -0.298 e. The molecule has 0 N–H and O–H groups in total. The first-order chi connectivity index (χ1) is 8.68. The lowest BCUT2D eigenvalue weighted by molar-refractivity contribution is 0.0903. The number of Topliss-reactive ketones (excluding diaryl/α,β-unsaturated/α-hetero) is 1. The molecule has 2 atom stereocenters. The maximum Gasteiger partial charge on any atom is 0.172 e. The average molecular weight is 265 g/mol. The number of nitrogens with zero attached hydrogens (tertiary/aromatic N) is 1. The molecule has 1 aromatic rings. The lowest BCUT2D eigenvalue weighted by Crippen LogP contribution is -2.44. The number of piperidine rings is 1. The van der Waals surface area contributed by atoms with E-state index in [4.69, 9.17) is 0 Å². The summed E-state index contributed by atoms with van der Waals surface area (Å²) in [6.45, 7) is 5.70. The Kier molecular flexibility index (Phi) is 4.95. The summed E-state index contributed by atoms with van der Waals surface area (Å²) in [5.74, 6) is 0.308. The summed E-state index contributed by atoms with van der Waals surface area (Å²) in [4.78, 5) is 15.4. The van der Waals surface area contributed by atoms with Crippen LogP contribution in [0, 0.1) is 0 Å². The molecule has 0 bridgehead atoms. The van der Waals surface area contributed by atoms with Gasteiger partial charge in [0.25, 0.3) is 0 Å². The van der Waals surface area contributed by atoms with Crippen molar-refractivity contribution in [1.82, 2.24) is 4.90 Å². The van der Waals surface area contributed by atoms with Gasteiger partial charge in [0.1, 0.15) is 0 Å². The van der Waals surface area contributed by atoms with E-state index >= 15 is 0 Å². The third-order valence-corrected chi connectivity index (χ3v) is 4.90. The Hall–Kier alpha value is -0.670. The number of thiophene rings is 1. The molecule has 2 nitrogen and oxygen atoms in total. The molecule has 0 spiro atoms. The first-order valence-corrected chi connectivity index (χ1v) is 7.89. The molecular weight excluding hydrogens is 242 g/mol. The summed E-state index contributed by atoms with van der Waals surface area (Å²) in [5, 5.41) is 1.97. The van der Waals surface area contributed by atoms with Crippen LogP contribution in [0.25, 0.3) is 0 Å². The highest BCUT2D eigenvalue weighted by molar-refractivity contribution is 7.12. The number of ketones is 1. The molecule has 2 heterocycles. The average Bonchev–Trinajstić information content (AvgIpc) is 2.86. The molecule has 0 radical (unpaired) electrons. The highest BCUT2D eigenvalue weighted by atomic mass is 32.1. The topological polar surface area (TPSA) is 20.3 Å². The van der Waals surface area contributed by atoms with Crippen LogP contribution in [-0.4, -0.2) is 29.3 Å². The number of carbonyl (C=O) groups excluding carboxylic acids is 1. The van der Waals surface area contributed by atoms with E-state index in [0.29, 0.717) is 24.3 Å². The zero-order chi connectivity index (χ0) is 13.0. The number of likely N-dealkylation sites (tertiary alicyclic amines) is 1. The van der Waals surface area contributed by atoms with E-state index in [9.17, 15) is 4.79 Å². The maximum atomic E-state index is 11.9. The normalized spacial score (nSPS) is 25.2. The molecule has 1 aromatic heterocycles. The number of carbonyl (C=O) groups is 1. The van der Waals surface area contributed by atoms with Gasteiger partial charge < -0.3 is 0 Å². The lowest BCUT2D eigenvalue weighted by atomic mass is 9.97. The van der Waals surface area contributed by atoms with Gasteiger partial charge in [0, 0.05) is 18.5 Å². The fourth-order valence-electron chi connectivity index (χ4n) is 2.90. The van der Waals surface area contributed by atoms with Crippen molar-refractivity contribution in [2.45, 2.75) is 58.0 Å². The van der Waals surface area contributed by atoms with Crippen molar-refractivity contribution in [3.8, 4) is 0 Å². The van der Waals surface area contributed by atoms with Gasteiger partial charge in [-0.1, -0.05) is 12.5 Å². The number of rotatable bonds is 5. The standard InChI is InChI=1S/C15H23NOS/c1-12-6-3-7-13(2)16(12)10-4-8-14(17)15-9-5-11-18-15/h5,9,11-13H,3-4,6-8,10H2,1-2H3. The maximum absolute atomic E-state index is 11.9. The van der Waals surface area contributed by atoms with Gasteiger partial charge in [-0.15, -0.1) is 11.3 Å². The fraction of sp³-hybridized carbons (Fsp3) is 0.667. The van der Waals surface area contributed by atoms with Crippen LogP contribution in [0.15, 0.2) is 17.5 Å². The fourth-order valence-corrected chi connectivity index (χ4v) is 3.59. The van der Waals surface area contributed by atoms with Crippen LogP contribution in [0.3, 0.4) is 0 Å². The van der Waals surface area contributed by atoms with E-state index in [1.165, 1.54) is 19.3 Å². The van der Waals surface area contributed by atoms with Crippen molar-refractivity contribution in [3.63, 3.8) is 0 Å². The summed E-state index contributed by atoms with van der Waals surface area (Å²) in [5.41, 5.74) is 0. The minimum absolute atomic E-state index is 0.308. The second kappa shape index (κ2) is 6.48. The number of hydrogen-bond donors (Lipinski definition) is 0. The molecule has 100 valence electrons. The van der Waals surface area contributed by atoms with E-state index in [0.717, 1.165) is 17.8 Å². The highest BCUT2D eigenvalue weighted by Gasteiger charge is 2.24. The monoisotopic (exact) mass is 265 g/mol. The summed E-state index contributed by atoms with van der Waals surface area (Å²) >= 11 is 1.55. The summed E-state index contributed by atoms with van der Waals surface area (Å²) in [7, 11) is 0. The van der Waals surface area contributed by atoms with Crippen LogP contribution in [0.2, 0.25) is 0 Å². The van der Waals surface area contributed by atoms with Gasteiger partial charge in [-0.25, -0.2) is 0 Å². The van der Waals surface area contributed by atoms with E-state index < -0.39 is 0 Å². The third-order valence-electron chi connectivity index (χ3n) is 3.99. The van der Waals surface area contributed by atoms with Gasteiger partial charge in [-0.05, 0) is 51.1 Å². The summed E-state index contributed by atoms with van der Waals surface area (Å²) in [6.07, 6.45) is 5.65. The van der Waals surface area contributed by atoms with Gasteiger partial charge in [0.15, 0.2) is 5.78 Å². The van der Waals surface area contributed by atoms with Crippen molar-refractivity contribution in [3.05, 3.63) is 22.4 Å². The lowest BCUT2D eigenvalue weighted by Gasteiger charge is -2.39. The third kappa shape index (κ3) is 3.42. The van der Waals surface area contributed by atoms with E-state index in [2.05, 4.69) is 18.7 Å². The Morgan fingerprint density at radius 3 is 2.72 bits per heavy atom. The van der Waals surface area contributed by atoms with Crippen LogP contribution in [0.4, 0.5) is 0 Å². The second-order valence-electron chi connectivity index (χ2n) is 5.37. The molecule has 2 unspecified atom stereocenters. The number of hydrogen-bond acceptors (Lipinski definition) is 3. The van der Waals surface area contributed by atoms with Crippen LogP contribution in [0.5, 0.6) is 0 Å². The molecule has 3 heteroatoms. The molecule has 1 fully saturated rings. The molecule has 18 heavy (non-hydrogen) atoms. The predicted molar refractivity (Wildman–Crippen MR) is 77.4 cm³/mol. The van der Waals surface area contributed by atoms with Crippen molar-refractivity contribution < 1.29 is 4.79 Å². The van der Waals surface area contributed by atoms with Gasteiger partial charge >= 0.3 is 0 Å². The van der Waals surface area contributed by atoms with E-state index in [1.807, 2.05) is 17.5 Å². The molecule has 1 aliphatic rings. The van der Waals surface area contributed by atoms with Crippen molar-refractivity contribution in [2.24, 2.45) is 0 Å². The quantitative estimate of drug-likeness (QED) is 0.751. The smallest absolute Gasteiger partial charge is 0.172 e. The van der Waals surface area contributed by atoms with Crippen molar-refractivity contribution in [1.29, 1.82) is 0 Å². The predicted octanol–water partition coefficient (Wildman–Crippen LogP) is 3.97. The molecular formula is C15H23NOS. The largest absolute Gasteiger partial charge is 0.298 e. The van der Waals surface area contributed by atoms with Crippen LogP contribution in [-0.2, 0) is 0 Å². The Morgan fingerprint density at radius 1 is 1.39 bits per heavy atom. The van der Waals surface area contributed by atoms with Crippen LogP contribution >= 0.6 is 11.3 Å². The van der Waals surface area contributed by atoms with Crippen LogP contribution < -0.4 is 0 Å². The van der Waals surface area contributed by atoms with Gasteiger partial charge in [0.05, 0.1) is 4.88 Å². The minimum atomic E-state index is 0.308. The molecule has 0 aromatic carbocycles. The summed E-state index contributed by atoms with van der Waals surface area (Å²) in [6, 6.07) is 5.25. The second-order valence-corrected chi connectivity index (χ2v) is 6.32. The molecule has 0 aliphatic carbocycles. The first kappa shape index (κ1) is 13.8. The Labute approximate surface area is 114 Å². The Morgan fingerprint density at radius 2 is 2.11 bits per heavy atom. The van der Waals surface area contributed by atoms with Gasteiger partial charge in [0.2, 0.25) is 0 Å². The molecule has 1 aliphatic heterocycles. The Bertz CT molecular complexity index is 364. The van der Waals surface area contributed by atoms with E-state index in [1.54, 1.807) is 11.3 Å². The SMILES string of the molecule is CC1CCCC(C)N1CCCC(=O)c1cccs1. The van der Waals surface area contributed by atoms with Crippen molar-refractivity contribution in [2.75, 3.05) is 6.54 Å². The first-order valence-electron chi connectivity index (χ1n) is 7.01. The molecule has 2 rings (SSSR count). The summed E-state index contributed by atoms with van der Waals surface area (Å²) < 4.78 is 0. The Balaban J connectivity index is 1.76. The van der Waals surface area contributed by atoms with Crippen molar-refractivity contribution >= 4 is 17.1 Å². The highest BCUT2D eigenvalue weighted by Crippen LogP contribution is 2.23. The van der Waals surface area contributed by atoms with Gasteiger partial charge in [-0.3, -0.25) is 9.69 Å². The zero-order valence-corrected chi connectivity index (χ0v) is 12.2. The van der Waals surface area contributed by atoms with Gasteiger partial charge in [-0.2, -0.15) is 0 Å².